The highest BCUT2D eigenvalue weighted by molar-refractivity contribution is 7.14. The van der Waals surface area contributed by atoms with E-state index in [0.717, 1.165) is 39.0 Å². The van der Waals surface area contributed by atoms with Gasteiger partial charge in [0.1, 0.15) is 5.75 Å². The number of hydrogen-bond acceptors (Lipinski definition) is 6. The lowest BCUT2D eigenvalue weighted by atomic mass is 10.0. The zero-order valence-corrected chi connectivity index (χ0v) is 15.9. The lowest BCUT2D eigenvalue weighted by Crippen LogP contribution is -2.01. The normalized spacial score (nSPS) is 10.5. The fourth-order valence-electron chi connectivity index (χ4n) is 2.84. The summed E-state index contributed by atoms with van der Waals surface area (Å²) < 4.78 is 10.3. The lowest BCUT2D eigenvalue weighted by Gasteiger charge is -2.11. The Morgan fingerprint density at radius 2 is 1.96 bits per heavy atom. The van der Waals surface area contributed by atoms with E-state index in [1.54, 1.807) is 25.3 Å². The summed E-state index contributed by atoms with van der Waals surface area (Å²) >= 11 is 1.50. The van der Waals surface area contributed by atoms with Crippen LogP contribution in [0, 0.1) is 13.8 Å². The summed E-state index contributed by atoms with van der Waals surface area (Å²) in [7, 11) is 3.04. The van der Waals surface area contributed by atoms with Crippen molar-refractivity contribution in [1.82, 2.24) is 4.98 Å². The number of rotatable bonds is 5. The topological polar surface area (TPSA) is 60.5 Å². The van der Waals surface area contributed by atoms with Crippen LogP contribution >= 0.6 is 11.3 Å². The van der Waals surface area contributed by atoms with Crippen LogP contribution in [0.5, 0.6) is 5.75 Å². The van der Waals surface area contributed by atoms with Crippen LogP contribution in [-0.4, -0.2) is 25.2 Å². The van der Waals surface area contributed by atoms with E-state index in [9.17, 15) is 4.79 Å². The molecule has 0 aliphatic carbocycles. The van der Waals surface area contributed by atoms with Crippen molar-refractivity contribution in [1.29, 1.82) is 0 Å². The lowest BCUT2D eigenvalue weighted by molar-refractivity contribution is 0.0601. The standard InChI is InChI=1S/C20H20N2O3S/c1-12-8-13(2)18(24-3)16(9-12)17-11-26-20(22-17)21-15-7-5-6-14(10-15)19(23)25-4/h5-11H,1-4H3,(H,21,22). The van der Waals surface area contributed by atoms with Crippen molar-refractivity contribution >= 4 is 28.1 Å². The van der Waals surface area contributed by atoms with Gasteiger partial charge in [-0.25, -0.2) is 9.78 Å². The van der Waals surface area contributed by atoms with Gasteiger partial charge in [-0.05, 0) is 49.2 Å². The molecule has 0 aliphatic heterocycles. The second-order valence-electron chi connectivity index (χ2n) is 5.90. The highest BCUT2D eigenvalue weighted by atomic mass is 32.1. The van der Waals surface area contributed by atoms with Crippen molar-refractivity contribution in [2.24, 2.45) is 0 Å². The van der Waals surface area contributed by atoms with Crippen LogP contribution in [0.3, 0.4) is 0 Å². The Morgan fingerprint density at radius 1 is 1.15 bits per heavy atom. The van der Waals surface area contributed by atoms with Crippen molar-refractivity contribution in [3.05, 3.63) is 58.5 Å². The van der Waals surface area contributed by atoms with Gasteiger partial charge in [0.2, 0.25) is 0 Å². The summed E-state index contributed by atoms with van der Waals surface area (Å²) in [6.45, 7) is 4.08. The number of esters is 1. The number of ether oxygens (including phenoxy) is 2. The summed E-state index contributed by atoms with van der Waals surface area (Å²) in [4.78, 5) is 16.3. The Morgan fingerprint density at radius 3 is 2.69 bits per heavy atom. The van der Waals surface area contributed by atoms with E-state index >= 15 is 0 Å². The number of benzene rings is 2. The maximum Gasteiger partial charge on any atom is 0.337 e. The summed E-state index contributed by atoms with van der Waals surface area (Å²) in [6, 6.07) is 11.3. The molecule has 5 nitrogen and oxygen atoms in total. The molecule has 2 aromatic carbocycles. The van der Waals surface area contributed by atoms with E-state index < -0.39 is 0 Å². The number of nitrogens with zero attached hydrogens (tertiary/aromatic N) is 1. The van der Waals surface area contributed by atoms with Gasteiger partial charge in [0.05, 0.1) is 25.5 Å². The van der Waals surface area contributed by atoms with E-state index in [0.29, 0.717) is 5.56 Å². The second kappa shape index (κ2) is 7.58. The minimum Gasteiger partial charge on any atom is -0.496 e. The SMILES string of the molecule is COC(=O)c1cccc(Nc2nc(-c3cc(C)cc(C)c3OC)cs2)c1. The van der Waals surface area contributed by atoms with Gasteiger partial charge in [-0.1, -0.05) is 12.1 Å². The van der Waals surface area contributed by atoms with Gasteiger partial charge in [-0.3, -0.25) is 0 Å². The Kier molecular flexibility index (Phi) is 5.23. The predicted molar refractivity (Wildman–Crippen MR) is 105 cm³/mol. The zero-order valence-electron chi connectivity index (χ0n) is 15.1. The zero-order chi connectivity index (χ0) is 18.7. The number of anilines is 2. The van der Waals surface area contributed by atoms with Gasteiger partial charge in [-0.15, -0.1) is 11.3 Å². The number of carbonyl (C=O) groups excluding carboxylic acids is 1. The molecule has 6 heteroatoms. The number of nitrogens with one attached hydrogen (secondary N) is 1. The molecule has 0 atom stereocenters. The molecule has 0 radical (unpaired) electrons. The summed E-state index contributed by atoms with van der Waals surface area (Å²) in [5.41, 5.74) is 5.33. The minimum absolute atomic E-state index is 0.367. The molecule has 0 saturated carbocycles. The summed E-state index contributed by atoms with van der Waals surface area (Å²) in [5.74, 6) is 0.466. The van der Waals surface area contributed by atoms with E-state index in [2.05, 4.69) is 29.4 Å². The molecular weight excluding hydrogens is 348 g/mol. The quantitative estimate of drug-likeness (QED) is 0.645. The van der Waals surface area contributed by atoms with Crippen molar-refractivity contribution in [3.63, 3.8) is 0 Å². The van der Waals surface area contributed by atoms with E-state index in [-0.39, 0.29) is 5.97 Å². The first-order chi connectivity index (χ1) is 12.5. The molecule has 26 heavy (non-hydrogen) atoms. The van der Waals surface area contributed by atoms with Crippen LogP contribution in [0.1, 0.15) is 21.5 Å². The van der Waals surface area contributed by atoms with Crippen LogP contribution in [-0.2, 0) is 4.74 Å². The fraction of sp³-hybridized carbons (Fsp3) is 0.200. The Labute approximate surface area is 156 Å². The maximum absolute atomic E-state index is 11.7. The van der Waals surface area contributed by atoms with E-state index in [1.807, 2.05) is 18.4 Å². The number of aryl methyl sites for hydroxylation is 2. The Balaban J connectivity index is 1.89. The molecule has 0 saturated heterocycles. The first-order valence-corrected chi connectivity index (χ1v) is 8.96. The molecular formula is C20H20N2O3S. The molecule has 0 amide bonds. The smallest absolute Gasteiger partial charge is 0.337 e. The van der Waals surface area contributed by atoms with E-state index in [4.69, 9.17) is 9.47 Å². The molecule has 1 heterocycles. The van der Waals surface area contributed by atoms with Crippen LogP contribution in [0.2, 0.25) is 0 Å². The van der Waals surface area contributed by atoms with Gasteiger partial charge in [0, 0.05) is 16.6 Å². The summed E-state index contributed by atoms with van der Waals surface area (Å²) in [5, 5.41) is 5.97. The Bertz CT molecular complexity index is 950. The molecule has 0 fully saturated rings. The fourth-order valence-corrected chi connectivity index (χ4v) is 3.57. The van der Waals surface area contributed by atoms with E-state index in [1.165, 1.54) is 18.4 Å². The molecule has 0 unspecified atom stereocenters. The molecule has 0 bridgehead atoms. The number of aromatic nitrogens is 1. The molecule has 134 valence electrons. The molecule has 0 aliphatic rings. The van der Waals surface area contributed by atoms with Gasteiger partial charge in [-0.2, -0.15) is 0 Å². The number of methoxy groups -OCH3 is 2. The van der Waals surface area contributed by atoms with Crippen molar-refractivity contribution in [2.75, 3.05) is 19.5 Å². The minimum atomic E-state index is -0.367. The highest BCUT2D eigenvalue weighted by Crippen LogP contribution is 2.36. The molecule has 1 N–H and O–H groups in total. The predicted octanol–water partition coefficient (Wildman–Crippen LogP) is 4.97. The number of thiazole rings is 1. The van der Waals surface area contributed by atoms with Crippen LogP contribution in [0.25, 0.3) is 11.3 Å². The first kappa shape index (κ1) is 17.9. The molecule has 3 aromatic rings. The molecule has 1 aromatic heterocycles. The van der Waals surface area contributed by atoms with Crippen LogP contribution in [0.15, 0.2) is 41.8 Å². The van der Waals surface area contributed by atoms with Crippen LogP contribution < -0.4 is 10.1 Å². The van der Waals surface area contributed by atoms with Crippen LogP contribution in [0.4, 0.5) is 10.8 Å². The van der Waals surface area contributed by atoms with Gasteiger partial charge in [0.15, 0.2) is 5.13 Å². The Hall–Kier alpha value is -2.86. The third kappa shape index (κ3) is 3.70. The monoisotopic (exact) mass is 368 g/mol. The van der Waals surface area contributed by atoms with Gasteiger partial charge in [0.25, 0.3) is 0 Å². The van der Waals surface area contributed by atoms with Crippen molar-refractivity contribution in [3.8, 4) is 17.0 Å². The van der Waals surface area contributed by atoms with Crippen molar-refractivity contribution in [2.45, 2.75) is 13.8 Å². The third-order valence-electron chi connectivity index (χ3n) is 3.94. The third-order valence-corrected chi connectivity index (χ3v) is 4.70. The average molecular weight is 368 g/mol. The maximum atomic E-state index is 11.7. The number of carbonyl (C=O) groups is 1. The average Bonchev–Trinajstić information content (AvgIpc) is 3.09. The van der Waals surface area contributed by atoms with Crippen molar-refractivity contribution < 1.29 is 14.3 Å². The molecule has 0 spiro atoms. The highest BCUT2D eigenvalue weighted by Gasteiger charge is 2.13. The first-order valence-electron chi connectivity index (χ1n) is 8.08. The number of hydrogen-bond donors (Lipinski definition) is 1. The van der Waals surface area contributed by atoms with Gasteiger partial charge < -0.3 is 14.8 Å². The summed E-state index contributed by atoms with van der Waals surface area (Å²) in [6.07, 6.45) is 0. The van der Waals surface area contributed by atoms with Gasteiger partial charge >= 0.3 is 5.97 Å². The second-order valence-corrected chi connectivity index (χ2v) is 6.76. The largest absolute Gasteiger partial charge is 0.496 e. The molecule has 3 rings (SSSR count).